The Morgan fingerprint density at radius 3 is 2.68 bits per heavy atom. The molecule has 2 heterocycles. The van der Waals surface area contributed by atoms with Crippen LogP contribution in [0, 0.1) is 5.82 Å². The van der Waals surface area contributed by atoms with Gasteiger partial charge in [-0.05, 0) is 60.2 Å². The molecule has 1 amide bonds. The maximum atomic E-state index is 13.3. The van der Waals surface area contributed by atoms with E-state index in [2.05, 4.69) is 22.8 Å². The molecule has 0 aliphatic carbocycles. The SMILES string of the molecule is O=C1CCc2cc(C3CCc4cc(F)ccc4N3)ccc2N1. The summed E-state index contributed by atoms with van der Waals surface area (Å²) < 4.78 is 13.3. The zero-order valence-electron chi connectivity index (χ0n) is 12.2. The van der Waals surface area contributed by atoms with Gasteiger partial charge in [-0.15, -0.1) is 0 Å². The summed E-state index contributed by atoms with van der Waals surface area (Å²) in [5.41, 5.74) is 5.41. The van der Waals surface area contributed by atoms with Gasteiger partial charge in [0.05, 0.1) is 6.04 Å². The van der Waals surface area contributed by atoms with E-state index >= 15 is 0 Å². The summed E-state index contributed by atoms with van der Waals surface area (Å²) >= 11 is 0. The van der Waals surface area contributed by atoms with Gasteiger partial charge in [-0.1, -0.05) is 12.1 Å². The molecular weight excluding hydrogens is 279 g/mol. The summed E-state index contributed by atoms with van der Waals surface area (Å²) in [6, 6.07) is 11.4. The van der Waals surface area contributed by atoms with E-state index in [0.29, 0.717) is 6.42 Å². The van der Waals surface area contributed by atoms with Crippen LogP contribution in [0.1, 0.15) is 35.6 Å². The lowest BCUT2D eigenvalue weighted by atomic mass is 9.91. The van der Waals surface area contributed by atoms with Gasteiger partial charge in [0.25, 0.3) is 0 Å². The second kappa shape index (κ2) is 5.13. The van der Waals surface area contributed by atoms with Gasteiger partial charge in [0.15, 0.2) is 0 Å². The molecule has 0 spiro atoms. The van der Waals surface area contributed by atoms with Crippen LogP contribution in [0.5, 0.6) is 0 Å². The van der Waals surface area contributed by atoms with Crippen LogP contribution in [0.4, 0.5) is 15.8 Å². The topological polar surface area (TPSA) is 41.1 Å². The van der Waals surface area contributed by atoms with Crippen molar-refractivity contribution < 1.29 is 9.18 Å². The van der Waals surface area contributed by atoms with Crippen LogP contribution in [0.3, 0.4) is 0 Å². The third kappa shape index (κ3) is 2.34. The zero-order chi connectivity index (χ0) is 15.1. The molecule has 22 heavy (non-hydrogen) atoms. The van der Waals surface area contributed by atoms with Gasteiger partial charge in [0, 0.05) is 17.8 Å². The number of halogens is 1. The van der Waals surface area contributed by atoms with Crippen LogP contribution in [0.2, 0.25) is 0 Å². The first-order valence-electron chi connectivity index (χ1n) is 7.67. The Morgan fingerprint density at radius 1 is 0.955 bits per heavy atom. The van der Waals surface area contributed by atoms with E-state index in [1.807, 2.05) is 12.1 Å². The first-order valence-corrected chi connectivity index (χ1v) is 7.67. The lowest BCUT2D eigenvalue weighted by Gasteiger charge is -2.28. The summed E-state index contributed by atoms with van der Waals surface area (Å²) in [6.07, 6.45) is 3.17. The second-order valence-corrected chi connectivity index (χ2v) is 6.00. The van der Waals surface area contributed by atoms with Crippen molar-refractivity contribution in [2.75, 3.05) is 10.6 Å². The van der Waals surface area contributed by atoms with Gasteiger partial charge in [0.1, 0.15) is 5.82 Å². The van der Waals surface area contributed by atoms with Crippen molar-refractivity contribution >= 4 is 17.3 Å². The van der Waals surface area contributed by atoms with Crippen molar-refractivity contribution in [3.63, 3.8) is 0 Å². The Bertz CT molecular complexity index is 757. The quantitative estimate of drug-likeness (QED) is 0.840. The molecule has 3 nitrogen and oxygen atoms in total. The highest BCUT2D eigenvalue weighted by atomic mass is 19.1. The van der Waals surface area contributed by atoms with E-state index in [4.69, 9.17) is 0 Å². The van der Waals surface area contributed by atoms with Crippen LogP contribution in [-0.2, 0) is 17.6 Å². The number of hydrogen-bond acceptors (Lipinski definition) is 2. The second-order valence-electron chi connectivity index (χ2n) is 6.00. The van der Waals surface area contributed by atoms with Crippen LogP contribution >= 0.6 is 0 Å². The average molecular weight is 296 g/mol. The highest BCUT2D eigenvalue weighted by Crippen LogP contribution is 2.35. The van der Waals surface area contributed by atoms with Crippen molar-refractivity contribution in [1.29, 1.82) is 0 Å². The molecule has 0 saturated heterocycles. The minimum Gasteiger partial charge on any atom is -0.378 e. The zero-order valence-corrected chi connectivity index (χ0v) is 12.2. The highest BCUT2D eigenvalue weighted by molar-refractivity contribution is 5.93. The van der Waals surface area contributed by atoms with Crippen molar-refractivity contribution in [3.05, 3.63) is 58.9 Å². The maximum absolute atomic E-state index is 13.3. The Hall–Kier alpha value is -2.36. The third-order valence-corrected chi connectivity index (χ3v) is 4.53. The third-order valence-electron chi connectivity index (χ3n) is 4.53. The molecule has 2 aromatic carbocycles. The summed E-state index contributed by atoms with van der Waals surface area (Å²) in [7, 11) is 0. The number of benzene rings is 2. The number of fused-ring (bicyclic) bond motifs is 2. The Morgan fingerprint density at radius 2 is 1.77 bits per heavy atom. The van der Waals surface area contributed by atoms with E-state index in [1.165, 1.54) is 17.2 Å². The van der Waals surface area contributed by atoms with Crippen LogP contribution in [0.15, 0.2) is 36.4 Å². The standard InChI is InChI=1S/C18H17FN2O/c19-14-4-7-16-13(10-14)2-5-15(20-16)11-1-6-17-12(9-11)3-8-18(22)21-17/h1,4,6-7,9-10,15,20H,2-3,5,8H2,(H,21,22). The van der Waals surface area contributed by atoms with Gasteiger partial charge in [-0.2, -0.15) is 0 Å². The predicted octanol–water partition coefficient (Wildman–Crippen LogP) is 3.81. The van der Waals surface area contributed by atoms with E-state index in [9.17, 15) is 9.18 Å². The van der Waals surface area contributed by atoms with E-state index in [0.717, 1.165) is 36.2 Å². The van der Waals surface area contributed by atoms with E-state index in [1.54, 1.807) is 6.07 Å². The predicted molar refractivity (Wildman–Crippen MR) is 84.5 cm³/mol. The van der Waals surface area contributed by atoms with Gasteiger partial charge in [-0.25, -0.2) is 4.39 Å². The fourth-order valence-corrected chi connectivity index (χ4v) is 3.34. The largest absolute Gasteiger partial charge is 0.378 e. The first kappa shape index (κ1) is 13.3. The van der Waals surface area contributed by atoms with Crippen LogP contribution in [0.25, 0.3) is 0 Å². The molecule has 0 fully saturated rings. The molecule has 0 radical (unpaired) electrons. The molecule has 0 saturated carbocycles. The van der Waals surface area contributed by atoms with Gasteiger partial charge >= 0.3 is 0 Å². The summed E-state index contributed by atoms with van der Waals surface area (Å²) in [5, 5.41) is 6.41. The first-order chi connectivity index (χ1) is 10.7. The lowest BCUT2D eigenvalue weighted by molar-refractivity contribution is -0.116. The molecule has 4 heteroatoms. The average Bonchev–Trinajstić information content (AvgIpc) is 2.54. The number of rotatable bonds is 1. The van der Waals surface area contributed by atoms with Crippen molar-refractivity contribution in [1.82, 2.24) is 0 Å². The fraction of sp³-hybridized carbons (Fsp3) is 0.278. The number of carbonyl (C=O) groups is 1. The molecule has 2 N–H and O–H groups in total. The van der Waals surface area contributed by atoms with E-state index in [-0.39, 0.29) is 17.8 Å². The smallest absolute Gasteiger partial charge is 0.224 e. The van der Waals surface area contributed by atoms with Gasteiger partial charge in [0.2, 0.25) is 5.91 Å². The monoisotopic (exact) mass is 296 g/mol. The molecule has 4 rings (SSSR count). The molecule has 0 bridgehead atoms. The van der Waals surface area contributed by atoms with Crippen molar-refractivity contribution in [3.8, 4) is 0 Å². The number of nitrogens with one attached hydrogen (secondary N) is 2. The summed E-state index contributed by atoms with van der Waals surface area (Å²) in [6.45, 7) is 0. The van der Waals surface area contributed by atoms with E-state index < -0.39 is 0 Å². The number of amides is 1. The number of carbonyl (C=O) groups excluding carboxylic acids is 1. The van der Waals surface area contributed by atoms with Crippen LogP contribution in [-0.4, -0.2) is 5.91 Å². The molecule has 1 atom stereocenters. The Kier molecular flexibility index (Phi) is 3.10. The number of hydrogen-bond donors (Lipinski definition) is 2. The van der Waals surface area contributed by atoms with Gasteiger partial charge in [-0.3, -0.25) is 4.79 Å². The maximum Gasteiger partial charge on any atom is 0.224 e. The van der Waals surface area contributed by atoms with Gasteiger partial charge < -0.3 is 10.6 Å². The number of anilines is 2. The molecule has 0 aromatic heterocycles. The molecule has 1 unspecified atom stereocenters. The summed E-state index contributed by atoms with van der Waals surface area (Å²) in [5.74, 6) is -0.0875. The fourth-order valence-electron chi connectivity index (χ4n) is 3.34. The summed E-state index contributed by atoms with van der Waals surface area (Å²) in [4.78, 5) is 11.4. The van der Waals surface area contributed by atoms with Crippen LogP contribution < -0.4 is 10.6 Å². The Balaban J connectivity index is 1.61. The van der Waals surface area contributed by atoms with Crippen molar-refractivity contribution in [2.45, 2.75) is 31.7 Å². The molecular formula is C18H17FN2O. The highest BCUT2D eigenvalue weighted by Gasteiger charge is 2.22. The minimum atomic E-state index is -0.177. The molecule has 2 aliphatic rings. The lowest BCUT2D eigenvalue weighted by Crippen LogP contribution is -2.21. The molecule has 2 aromatic rings. The van der Waals surface area contributed by atoms with Crippen molar-refractivity contribution in [2.24, 2.45) is 0 Å². The number of aryl methyl sites for hydroxylation is 2. The Labute approximate surface area is 128 Å². The minimum absolute atomic E-state index is 0.0898. The molecule has 2 aliphatic heterocycles. The normalized spacial score (nSPS) is 19.7. The molecule has 112 valence electrons.